The molecule has 2 N–H and O–H groups in total. The first-order valence-corrected chi connectivity index (χ1v) is 4.23. The number of rotatable bonds is 1. The second kappa shape index (κ2) is 2.85. The van der Waals surface area contributed by atoms with Gasteiger partial charge in [0.25, 0.3) is 0 Å². The lowest BCUT2D eigenvalue weighted by atomic mass is 10.0. The summed E-state index contributed by atoms with van der Waals surface area (Å²) in [6.45, 7) is 0. The van der Waals surface area contributed by atoms with Gasteiger partial charge < -0.3 is 10.2 Å². The number of aryl methyl sites for hydroxylation is 1. The van der Waals surface area contributed by atoms with Gasteiger partial charge in [0.1, 0.15) is 0 Å². The van der Waals surface area contributed by atoms with Gasteiger partial charge in [0, 0.05) is 0 Å². The van der Waals surface area contributed by atoms with Crippen molar-refractivity contribution in [3.63, 3.8) is 0 Å². The Morgan fingerprint density at radius 3 is 2.92 bits per heavy atom. The molecule has 0 fully saturated rings. The van der Waals surface area contributed by atoms with Crippen LogP contribution in [0.15, 0.2) is 18.2 Å². The summed E-state index contributed by atoms with van der Waals surface area (Å²) in [4.78, 5) is 10.8. The molecule has 13 heavy (non-hydrogen) atoms. The van der Waals surface area contributed by atoms with Crippen molar-refractivity contribution < 1.29 is 15.0 Å². The Morgan fingerprint density at radius 1 is 1.46 bits per heavy atom. The van der Waals surface area contributed by atoms with Crippen LogP contribution in [0.5, 0.6) is 0 Å². The minimum atomic E-state index is -0.960. The van der Waals surface area contributed by atoms with Crippen molar-refractivity contribution in [3.8, 4) is 0 Å². The Balaban J connectivity index is 2.60. The molecule has 0 unspecified atom stereocenters. The number of aliphatic hydroxyl groups excluding tert-OH is 1. The van der Waals surface area contributed by atoms with Crippen LogP contribution in [0.1, 0.15) is 34.0 Å². The lowest BCUT2D eigenvalue weighted by molar-refractivity contribution is 0.0690. The summed E-state index contributed by atoms with van der Waals surface area (Å²) >= 11 is 0. The molecule has 3 heteroatoms. The van der Waals surface area contributed by atoms with Crippen molar-refractivity contribution in [2.45, 2.75) is 18.9 Å². The molecule has 0 spiro atoms. The predicted molar refractivity (Wildman–Crippen MR) is 46.7 cm³/mol. The molecular weight excluding hydrogens is 168 g/mol. The van der Waals surface area contributed by atoms with Crippen molar-refractivity contribution in [1.82, 2.24) is 0 Å². The van der Waals surface area contributed by atoms with E-state index in [9.17, 15) is 9.90 Å². The zero-order valence-electron chi connectivity index (χ0n) is 7.03. The summed E-state index contributed by atoms with van der Waals surface area (Å²) < 4.78 is 0. The molecule has 0 bridgehead atoms. The van der Waals surface area contributed by atoms with Crippen LogP contribution in [-0.2, 0) is 6.42 Å². The smallest absolute Gasteiger partial charge is 0.336 e. The third-order valence-corrected chi connectivity index (χ3v) is 2.45. The molecule has 2 rings (SSSR count). The van der Waals surface area contributed by atoms with Gasteiger partial charge in [-0.15, -0.1) is 0 Å². The second-order valence-electron chi connectivity index (χ2n) is 3.24. The molecule has 0 heterocycles. The van der Waals surface area contributed by atoms with E-state index < -0.39 is 12.1 Å². The fourth-order valence-electron chi connectivity index (χ4n) is 1.85. The monoisotopic (exact) mass is 178 g/mol. The van der Waals surface area contributed by atoms with Crippen LogP contribution in [0.3, 0.4) is 0 Å². The van der Waals surface area contributed by atoms with E-state index in [0.717, 1.165) is 12.0 Å². The number of aromatic carboxylic acids is 1. The highest BCUT2D eigenvalue weighted by Crippen LogP contribution is 2.33. The van der Waals surface area contributed by atoms with E-state index in [1.54, 1.807) is 6.07 Å². The number of hydrogen-bond donors (Lipinski definition) is 2. The first kappa shape index (κ1) is 8.26. The van der Waals surface area contributed by atoms with E-state index in [0.29, 0.717) is 12.0 Å². The molecule has 0 saturated carbocycles. The van der Waals surface area contributed by atoms with Gasteiger partial charge >= 0.3 is 5.97 Å². The number of benzene rings is 1. The molecule has 1 aromatic rings. The quantitative estimate of drug-likeness (QED) is 0.682. The standard InChI is InChI=1S/C10H10O3/c11-8-5-4-6-2-1-3-7(9(6)8)10(12)13/h1-3,8,11H,4-5H2,(H,12,13)/t8-/m1/s1. The molecule has 1 aliphatic carbocycles. The third-order valence-electron chi connectivity index (χ3n) is 2.45. The first-order valence-electron chi connectivity index (χ1n) is 4.23. The molecule has 0 saturated heterocycles. The minimum absolute atomic E-state index is 0.238. The van der Waals surface area contributed by atoms with E-state index in [1.165, 1.54) is 6.07 Å². The second-order valence-corrected chi connectivity index (χ2v) is 3.24. The van der Waals surface area contributed by atoms with E-state index >= 15 is 0 Å². The average Bonchev–Trinajstić information content (AvgIpc) is 2.48. The van der Waals surface area contributed by atoms with Gasteiger partial charge in [-0.2, -0.15) is 0 Å². The van der Waals surface area contributed by atoms with Crippen molar-refractivity contribution in [3.05, 3.63) is 34.9 Å². The number of aliphatic hydroxyl groups is 1. The maximum atomic E-state index is 10.8. The van der Waals surface area contributed by atoms with Crippen LogP contribution < -0.4 is 0 Å². The minimum Gasteiger partial charge on any atom is -0.478 e. The normalized spacial score (nSPS) is 19.9. The number of carboxylic acids is 1. The first-order chi connectivity index (χ1) is 6.20. The molecular formula is C10H10O3. The van der Waals surface area contributed by atoms with Gasteiger partial charge in [-0.05, 0) is 30.0 Å². The zero-order valence-corrected chi connectivity index (χ0v) is 7.03. The Labute approximate surface area is 75.6 Å². The Hall–Kier alpha value is -1.35. The lowest BCUT2D eigenvalue weighted by Crippen LogP contribution is -2.04. The number of carboxylic acid groups (broad SMARTS) is 1. The van der Waals surface area contributed by atoms with Crippen LogP contribution in [0.25, 0.3) is 0 Å². The Morgan fingerprint density at radius 2 is 2.23 bits per heavy atom. The summed E-state index contributed by atoms with van der Waals surface area (Å²) in [5, 5.41) is 18.4. The van der Waals surface area contributed by atoms with Crippen molar-refractivity contribution in [2.75, 3.05) is 0 Å². The van der Waals surface area contributed by atoms with E-state index in [1.807, 2.05) is 6.07 Å². The van der Waals surface area contributed by atoms with Gasteiger partial charge in [0.2, 0.25) is 0 Å². The molecule has 0 aliphatic heterocycles. The molecule has 68 valence electrons. The van der Waals surface area contributed by atoms with Crippen LogP contribution in [-0.4, -0.2) is 16.2 Å². The van der Waals surface area contributed by atoms with Crippen molar-refractivity contribution in [2.24, 2.45) is 0 Å². The SMILES string of the molecule is O=C(O)c1cccc2c1[C@H](O)CC2. The van der Waals surface area contributed by atoms with Crippen LogP contribution >= 0.6 is 0 Å². The predicted octanol–water partition coefficient (Wildman–Crippen LogP) is 1.36. The van der Waals surface area contributed by atoms with Crippen LogP contribution in [0, 0.1) is 0 Å². The molecule has 0 amide bonds. The number of carbonyl (C=O) groups is 1. The summed E-state index contributed by atoms with van der Waals surface area (Å²) in [5.41, 5.74) is 1.81. The van der Waals surface area contributed by atoms with E-state index in [-0.39, 0.29) is 5.56 Å². The molecule has 1 atom stereocenters. The molecule has 1 aromatic carbocycles. The van der Waals surface area contributed by atoms with Crippen LogP contribution in [0.4, 0.5) is 0 Å². The topological polar surface area (TPSA) is 57.5 Å². The summed E-state index contributed by atoms with van der Waals surface area (Å²) in [6, 6.07) is 5.13. The summed E-state index contributed by atoms with van der Waals surface area (Å²) in [5.74, 6) is -0.960. The summed E-state index contributed by atoms with van der Waals surface area (Å²) in [7, 11) is 0. The van der Waals surface area contributed by atoms with Crippen LogP contribution in [0.2, 0.25) is 0 Å². The summed E-state index contributed by atoms with van der Waals surface area (Å²) in [6.07, 6.45) is 0.819. The Kier molecular flexibility index (Phi) is 1.81. The highest BCUT2D eigenvalue weighted by molar-refractivity contribution is 5.90. The van der Waals surface area contributed by atoms with Gasteiger partial charge in [-0.25, -0.2) is 4.79 Å². The Bertz CT molecular complexity index is 357. The van der Waals surface area contributed by atoms with Crippen molar-refractivity contribution >= 4 is 5.97 Å². The molecule has 1 aliphatic rings. The average molecular weight is 178 g/mol. The van der Waals surface area contributed by atoms with Gasteiger partial charge in [0.05, 0.1) is 11.7 Å². The van der Waals surface area contributed by atoms with Gasteiger partial charge in [0.15, 0.2) is 0 Å². The number of fused-ring (bicyclic) bond motifs is 1. The molecule has 0 radical (unpaired) electrons. The third kappa shape index (κ3) is 1.21. The highest BCUT2D eigenvalue weighted by Gasteiger charge is 2.25. The van der Waals surface area contributed by atoms with Gasteiger partial charge in [-0.3, -0.25) is 0 Å². The van der Waals surface area contributed by atoms with E-state index in [4.69, 9.17) is 5.11 Å². The molecule has 0 aromatic heterocycles. The largest absolute Gasteiger partial charge is 0.478 e. The van der Waals surface area contributed by atoms with Gasteiger partial charge in [-0.1, -0.05) is 12.1 Å². The highest BCUT2D eigenvalue weighted by atomic mass is 16.4. The maximum absolute atomic E-state index is 10.8. The maximum Gasteiger partial charge on any atom is 0.336 e. The lowest BCUT2D eigenvalue weighted by Gasteiger charge is -2.07. The fourth-order valence-corrected chi connectivity index (χ4v) is 1.85. The fraction of sp³-hybridized carbons (Fsp3) is 0.300. The molecule has 3 nitrogen and oxygen atoms in total. The van der Waals surface area contributed by atoms with E-state index in [2.05, 4.69) is 0 Å². The number of hydrogen-bond acceptors (Lipinski definition) is 2. The van der Waals surface area contributed by atoms with Crippen molar-refractivity contribution in [1.29, 1.82) is 0 Å². The zero-order chi connectivity index (χ0) is 9.42.